The van der Waals surface area contributed by atoms with Crippen LogP contribution in [0.15, 0.2) is 60.7 Å². The van der Waals surface area contributed by atoms with Gasteiger partial charge in [-0.3, -0.25) is 57.4 Å². The molecule has 33 heteroatoms. The molecule has 127 heavy (non-hydrogen) atoms. The Kier molecular flexibility index (Phi) is 50.3. The Labute approximate surface area is 761 Å². The van der Waals surface area contributed by atoms with Crippen molar-refractivity contribution in [3.05, 3.63) is 71.8 Å². The molecular weight excluding hydrogens is 1670 g/mol. The minimum Gasteiger partial charge on any atom is -0.481 e. The van der Waals surface area contributed by atoms with E-state index in [9.17, 15) is 74.7 Å². The molecular formula is C94H164N10O21S2. The molecule has 2 aliphatic carbocycles. The zero-order chi connectivity index (χ0) is 93.9. The van der Waals surface area contributed by atoms with E-state index < -0.39 is 150 Å². The van der Waals surface area contributed by atoms with Crippen molar-refractivity contribution in [3.63, 3.8) is 0 Å². The van der Waals surface area contributed by atoms with Gasteiger partial charge in [0.05, 0.1) is 102 Å². The average Bonchev–Trinajstić information content (AvgIpc) is 1.70. The number of nitrogens with one attached hydrogen (secondary N) is 4. The van der Waals surface area contributed by atoms with E-state index in [1.54, 1.807) is 114 Å². The van der Waals surface area contributed by atoms with E-state index in [4.69, 9.17) is 29.4 Å². The molecule has 4 aliphatic rings. The van der Waals surface area contributed by atoms with E-state index >= 15 is 0 Å². The fraction of sp³-hybridized carbons (Fsp3) is 0.755. The van der Waals surface area contributed by atoms with Gasteiger partial charge >= 0.3 is 12.1 Å². The van der Waals surface area contributed by atoms with Crippen LogP contribution in [-0.4, -0.2) is 270 Å². The number of nitrogens with two attached hydrogens (primary N) is 1. The van der Waals surface area contributed by atoms with Gasteiger partial charge in [-0.25, -0.2) is 21.6 Å². The highest BCUT2D eigenvalue weighted by Crippen LogP contribution is 2.36. The standard InChI is InChI=1S/C43H71N5O9S.C36H65N3O9.C12H16N2O3S.3CH4/c1-12-28(6)39(47(9)43(53)32(26(2)3)24-35(49)38(44-8)27(4)5)36(56-10)25-37(50)48-22-16-19-34(48)40(57-11)29(7)41(51)45-33(23-30-17-14-13-15-18-30)42(52)46-58(54,55)31-20-21-31;1-15-23(6)31(28(46-13)20-29(41)39-18-16-17-26(39)32(47-14)24(7)34(43)44)37(11)33(42)25(21(2)3)19-27(40)30(22(4)5)38(12)35(45)48-36(8,9)10;13-11(8-9-4-2-1-3-5-9)12(15)14-18(16,17)10-6-7-10;;;/h13-15,17-18,26-29,31-34,36,38-40,44H,12,16,19-25H2,1-11H3,(H,45,51)(H,46,52);21-26,28,30-32H,15-20H2,1-14H3,(H,43,44);1-5,10-11H,6-8,13H2,(H,14,15);3*1H4/t28-,29+,32-,33-,34-,36+,38-,39-,40+;23-,24+,25-,26-,28+,30-,31-,32+;11-;;;/m000.../s1. The zero-order valence-electron chi connectivity index (χ0n) is 78.6. The number of ketones is 2. The highest BCUT2D eigenvalue weighted by Gasteiger charge is 2.48. The fourth-order valence-corrected chi connectivity index (χ4v) is 19.7. The van der Waals surface area contributed by atoms with Crippen molar-refractivity contribution in [3.8, 4) is 0 Å². The molecule has 2 saturated heterocycles. The molecule has 0 aromatic heterocycles. The summed E-state index contributed by atoms with van der Waals surface area (Å²) in [6, 6.07) is 13.4. The molecule has 7 N–H and O–H groups in total. The maximum Gasteiger partial charge on any atom is 0.410 e. The highest BCUT2D eigenvalue weighted by molar-refractivity contribution is 7.91. The van der Waals surface area contributed by atoms with Crippen LogP contribution in [0, 0.1) is 59.2 Å². The number of carboxylic acids is 1. The maximum absolute atomic E-state index is 14.3. The zero-order valence-corrected chi connectivity index (χ0v) is 80.2. The van der Waals surface area contributed by atoms with E-state index in [2.05, 4.69) is 15.4 Å². The summed E-state index contributed by atoms with van der Waals surface area (Å²) < 4.78 is 81.7. The Bertz CT molecular complexity index is 4010. The monoisotopic (exact) mass is 1830 g/mol. The normalized spacial score (nSPS) is 19.0. The van der Waals surface area contributed by atoms with E-state index in [1.165, 1.54) is 26.2 Å². The van der Waals surface area contributed by atoms with Crippen molar-refractivity contribution in [2.45, 2.75) is 332 Å². The lowest BCUT2D eigenvalue weighted by Gasteiger charge is -2.41. The number of hydrogen-bond acceptors (Lipinski definition) is 22. The number of amides is 8. The van der Waals surface area contributed by atoms with Crippen molar-refractivity contribution in [1.82, 2.24) is 44.6 Å². The number of carbonyl (C=O) groups is 11. The molecule has 2 heterocycles. The SMILES string of the molecule is C.C.C.CC[C@H](C)[C@@H]([C@@H](CC(=O)N1CCC[C@H]1[C@H](OC)[C@@H](C)C(=O)N[C@@H](Cc1ccccc1)C(=O)NS(=O)(=O)C1CC1)OC)N(C)C(=O)[C@@H](CC(=O)[C@@H](NC)C(C)C)C(C)C.CC[C@H](C)[C@@H]([C@@H](CC(=O)N1CCC[C@H]1[C@H](OC)[C@@H](C)C(=O)O)OC)N(C)C(=O)[C@@H](CC(=O)[C@H](C(C)C)N(C)C(=O)OC(C)(C)C)C(C)C.N[C@@H](Cc1ccccc1)C(=O)NS(=O)(=O)C1CC1. The number of ether oxygens (including phenoxy) is 5. The number of sulfonamides is 2. The Balaban J connectivity index is 0.00000105. The van der Waals surface area contributed by atoms with Gasteiger partial charge in [-0.1, -0.05) is 186 Å². The summed E-state index contributed by atoms with van der Waals surface area (Å²) in [6.45, 7) is 32.9. The van der Waals surface area contributed by atoms with Crippen LogP contribution in [0.5, 0.6) is 0 Å². The Morgan fingerprint density at radius 3 is 1.24 bits per heavy atom. The number of carbonyl (C=O) groups excluding carboxylic acids is 10. The van der Waals surface area contributed by atoms with Gasteiger partial charge in [0.25, 0.3) is 11.8 Å². The van der Waals surface area contributed by atoms with Crippen LogP contribution in [0.3, 0.4) is 0 Å². The summed E-state index contributed by atoms with van der Waals surface area (Å²) in [7, 11) is 5.41. The summed E-state index contributed by atoms with van der Waals surface area (Å²) in [6.07, 6.45) is 3.39. The molecule has 728 valence electrons. The molecule has 2 aromatic rings. The van der Waals surface area contributed by atoms with Gasteiger partial charge in [0.2, 0.25) is 49.6 Å². The molecule has 8 amide bonds. The molecule has 2 saturated carbocycles. The summed E-state index contributed by atoms with van der Waals surface area (Å²) in [5, 5.41) is 14.5. The number of nitrogens with zero attached hydrogens (tertiary/aromatic N) is 5. The van der Waals surface area contributed by atoms with Gasteiger partial charge in [0.15, 0.2) is 11.6 Å². The molecule has 0 radical (unpaired) electrons. The number of aliphatic carboxylic acids is 1. The largest absolute Gasteiger partial charge is 0.481 e. The topological polar surface area (TPSA) is 413 Å². The van der Waals surface area contributed by atoms with E-state index in [1.807, 2.05) is 124 Å². The van der Waals surface area contributed by atoms with Crippen molar-refractivity contribution >= 4 is 85.0 Å². The lowest BCUT2D eigenvalue weighted by Crippen LogP contribution is -2.55. The highest BCUT2D eigenvalue weighted by atomic mass is 32.2. The van der Waals surface area contributed by atoms with Crippen LogP contribution in [-0.2, 0) is 105 Å². The van der Waals surface area contributed by atoms with Gasteiger partial charge < -0.3 is 69.7 Å². The first-order valence-electron chi connectivity index (χ1n) is 44.4. The van der Waals surface area contributed by atoms with Crippen molar-refractivity contribution < 1.29 is 98.4 Å². The maximum atomic E-state index is 14.3. The number of likely N-dealkylation sites (N-methyl/N-ethyl adjacent to an activating group) is 4. The molecule has 0 unspecified atom stereocenters. The third-order valence-corrected chi connectivity index (χ3v) is 28.6. The van der Waals surface area contributed by atoms with E-state index in [-0.39, 0.29) is 137 Å². The quantitative estimate of drug-likeness (QED) is 0.0358. The van der Waals surface area contributed by atoms with E-state index in [0.717, 1.165) is 24.0 Å². The lowest BCUT2D eigenvalue weighted by molar-refractivity contribution is -0.152. The molecule has 0 bridgehead atoms. The first-order valence-corrected chi connectivity index (χ1v) is 47.4. The summed E-state index contributed by atoms with van der Waals surface area (Å²) in [5.74, 6) is -7.28. The van der Waals surface area contributed by atoms with Crippen LogP contribution in [0.25, 0.3) is 0 Å². The summed E-state index contributed by atoms with van der Waals surface area (Å²) in [5.41, 5.74) is 6.63. The van der Waals surface area contributed by atoms with Gasteiger partial charge in [-0.2, -0.15) is 0 Å². The second-order valence-electron chi connectivity index (χ2n) is 36.8. The lowest BCUT2D eigenvalue weighted by atomic mass is 9.83. The molecule has 6 rings (SSSR count). The molecule has 2 aromatic carbocycles. The smallest absolute Gasteiger partial charge is 0.410 e. The van der Waals surface area contributed by atoms with Crippen LogP contribution in [0.4, 0.5) is 4.79 Å². The minimum absolute atomic E-state index is 0. The van der Waals surface area contributed by atoms with Crippen LogP contribution in [0.1, 0.15) is 241 Å². The van der Waals surface area contributed by atoms with Crippen molar-refractivity contribution in [2.75, 3.05) is 69.7 Å². The van der Waals surface area contributed by atoms with Gasteiger partial charge in [0.1, 0.15) is 11.6 Å². The van der Waals surface area contributed by atoms with E-state index in [0.29, 0.717) is 70.9 Å². The number of carboxylic acid groups (broad SMARTS) is 1. The average molecular weight is 1830 g/mol. The second-order valence-corrected chi connectivity index (χ2v) is 40.7. The predicted octanol–water partition coefficient (Wildman–Crippen LogP) is 10.9. The van der Waals surface area contributed by atoms with Gasteiger partial charge in [0, 0.05) is 93.8 Å². The van der Waals surface area contributed by atoms with Gasteiger partial charge in [-0.05, 0) is 139 Å². The van der Waals surface area contributed by atoms with Crippen LogP contribution >= 0.6 is 0 Å². The molecule has 4 fully saturated rings. The molecule has 2 aliphatic heterocycles. The summed E-state index contributed by atoms with van der Waals surface area (Å²) in [4.78, 5) is 156. The molecule has 31 nitrogen and oxygen atoms in total. The number of methoxy groups -OCH3 is 4. The Hall–Kier alpha value is -7.53. The first-order chi connectivity index (χ1) is 58.0. The predicted molar refractivity (Wildman–Crippen MR) is 497 cm³/mol. The summed E-state index contributed by atoms with van der Waals surface area (Å²) >= 11 is 0. The van der Waals surface area contributed by atoms with Crippen LogP contribution < -0.4 is 25.8 Å². The van der Waals surface area contributed by atoms with Crippen LogP contribution in [0.2, 0.25) is 0 Å². The third-order valence-electron chi connectivity index (χ3n) is 24.9. The number of Topliss-reactive ketones (excluding diaryl/α,β-unsaturated/α-hetero) is 2. The third kappa shape index (κ3) is 34.6. The fourth-order valence-electron chi connectivity index (χ4n) is 17.0. The number of hydrogen-bond donors (Lipinski definition) is 6. The van der Waals surface area contributed by atoms with Crippen molar-refractivity contribution in [2.24, 2.45) is 64.9 Å². The van der Waals surface area contributed by atoms with Gasteiger partial charge in [-0.15, -0.1) is 0 Å². The first kappa shape index (κ1) is 117. The number of likely N-dealkylation sites (tertiary alicyclic amines) is 2. The molecule has 18 atom stereocenters. The van der Waals surface area contributed by atoms with Crippen molar-refractivity contribution in [1.29, 1.82) is 0 Å². The number of rotatable bonds is 47. The number of benzene rings is 2. The Morgan fingerprint density at radius 1 is 0.512 bits per heavy atom. The molecule has 0 spiro atoms. The second kappa shape index (κ2) is 54.3. The Morgan fingerprint density at radius 2 is 0.898 bits per heavy atom. The minimum atomic E-state index is -3.85.